The average molecular weight is 387 g/mol. The average Bonchev–Trinajstić information content (AvgIpc) is 2.60. The van der Waals surface area contributed by atoms with Gasteiger partial charge in [0.25, 0.3) is 5.91 Å². The lowest BCUT2D eigenvalue weighted by atomic mass is 10.1. The molecule has 1 aliphatic rings. The molecule has 1 atom stereocenters. The molecule has 1 aliphatic heterocycles. The fraction of sp³-hybridized carbons (Fsp3) is 0.412. The van der Waals surface area contributed by atoms with Gasteiger partial charge in [-0.25, -0.2) is 0 Å². The van der Waals surface area contributed by atoms with E-state index in [0.717, 1.165) is 0 Å². The van der Waals surface area contributed by atoms with Crippen LogP contribution in [0.5, 0.6) is 0 Å². The molecule has 3 rings (SSSR count). The minimum Gasteiger partial charge on any atom is -0.350 e. The summed E-state index contributed by atoms with van der Waals surface area (Å²) >= 11 is 6.02. The lowest BCUT2D eigenvalue weighted by Gasteiger charge is -2.35. The van der Waals surface area contributed by atoms with Gasteiger partial charge in [-0.05, 0) is 18.2 Å². The molecule has 2 N–H and O–H groups in total. The van der Waals surface area contributed by atoms with Gasteiger partial charge in [0.15, 0.2) is 0 Å². The molecule has 1 saturated heterocycles. The predicted molar refractivity (Wildman–Crippen MR) is 93.4 cm³/mol. The number of fused-ring (bicyclic) bond motifs is 1. The summed E-state index contributed by atoms with van der Waals surface area (Å²) in [6.45, 7) is 1.01. The molecule has 0 bridgehead atoms. The van der Waals surface area contributed by atoms with Crippen LogP contribution in [0.1, 0.15) is 10.4 Å². The molecule has 1 aromatic carbocycles. The first-order valence-electron chi connectivity index (χ1n) is 8.20. The molecule has 5 nitrogen and oxygen atoms in total. The molecule has 0 aliphatic carbocycles. The number of aromatic nitrogens is 1. The third kappa shape index (κ3) is 4.25. The quantitative estimate of drug-likeness (QED) is 0.847. The van der Waals surface area contributed by atoms with E-state index >= 15 is 0 Å². The lowest BCUT2D eigenvalue weighted by molar-refractivity contribution is -0.183. The zero-order valence-corrected chi connectivity index (χ0v) is 14.6. The normalized spacial score (nSPS) is 17.2. The number of amides is 1. The van der Waals surface area contributed by atoms with Gasteiger partial charge < -0.3 is 10.6 Å². The molecule has 140 valence electrons. The maximum atomic E-state index is 13.4. The van der Waals surface area contributed by atoms with Gasteiger partial charge in [-0.15, -0.1) is 0 Å². The number of benzene rings is 1. The molecule has 0 saturated carbocycles. The minimum atomic E-state index is -4.43. The van der Waals surface area contributed by atoms with Crippen molar-refractivity contribution in [3.63, 3.8) is 0 Å². The smallest absolute Gasteiger partial charge is 0.350 e. The van der Waals surface area contributed by atoms with E-state index in [1.54, 1.807) is 18.2 Å². The number of halogens is 4. The first-order valence-corrected chi connectivity index (χ1v) is 8.58. The standard InChI is InChI=1S/C17H18ClF3N4O/c18-12-8-11-2-1-3-23-15(11)13(9-12)16(26)24-10-14(17(19,20)21)25-6-4-22-5-7-25/h1-3,8-9,14,22H,4-7,10H2,(H,24,26). The van der Waals surface area contributed by atoms with Crippen LogP contribution in [0, 0.1) is 0 Å². The van der Waals surface area contributed by atoms with Gasteiger partial charge in [-0.1, -0.05) is 17.7 Å². The van der Waals surface area contributed by atoms with E-state index in [1.165, 1.54) is 17.2 Å². The molecular weight excluding hydrogens is 369 g/mol. The first-order chi connectivity index (χ1) is 12.4. The first kappa shape index (κ1) is 18.9. The van der Waals surface area contributed by atoms with Crippen LogP contribution in [0.25, 0.3) is 10.9 Å². The van der Waals surface area contributed by atoms with Crippen molar-refractivity contribution in [3.8, 4) is 0 Å². The largest absolute Gasteiger partial charge is 0.405 e. The van der Waals surface area contributed by atoms with Crippen LogP contribution in [0.15, 0.2) is 30.5 Å². The van der Waals surface area contributed by atoms with E-state index in [0.29, 0.717) is 29.0 Å². The summed E-state index contributed by atoms with van der Waals surface area (Å²) in [6, 6.07) is 4.78. The lowest BCUT2D eigenvalue weighted by Crippen LogP contribution is -2.57. The molecule has 26 heavy (non-hydrogen) atoms. The molecular formula is C17H18ClF3N4O. The Labute approximate surface area is 153 Å². The molecule has 1 fully saturated rings. The second-order valence-corrected chi connectivity index (χ2v) is 6.52. The number of pyridine rings is 1. The molecule has 0 spiro atoms. The van der Waals surface area contributed by atoms with Crippen molar-refractivity contribution in [2.75, 3.05) is 32.7 Å². The molecule has 9 heteroatoms. The number of hydrogen-bond donors (Lipinski definition) is 2. The summed E-state index contributed by atoms with van der Waals surface area (Å²) in [7, 11) is 0. The Bertz CT molecular complexity index is 793. The van der Waals surface area contributed by atoms with Gasteiger partial charge in [0, 0.05) is 49.3 Å². The Morgan fingerprint density at radius 2 is 2.08 bits per heavy atom. The van der Waals surface area contributed by atoms with Gasteiger partial charge in [-0.3, -0.25) is 14.7 Å². The molecule has 0 radical (unpaired) electrons. The third-order valence-electron chi connectivity index (χ3n) is 4.34. The highest BCUT2D eigenvalue weighted by Gasteiger charge is 2.43. The SMILES string of the molecule is O=C(NCC(N1CCNCC1)C(F)(F)F)c1cc(Cl)cc2cccnc12. The van der Waals surface area contributed by atoms with Crippen molar-refractivity contribution in [1.29, 1.82) is 0 Å². The van der Waals surface area contributed by atoms with Crippen LogP contribution in [-0.2, 0) is 0 Å². The summed E-state index contributed by atoms with van der Waals surface area (Å²) in [5.74, 6) is -0.624. The highest BCUT2D eigenvalue weighted by atomic mass is 35.5. The Morgan fingerprint density at radius 1 is 1.35 bits per heavy atom. The maximum Gasteiger partial charge on any atom is 0.405 e. The van der Waals surface area contributed by atoms with Crippen LogP contribution in [0.3, 0.4) is 0 Å². The van der Waals surface area contributed by atoms with E-state index in [4.69, 9.17) is 11.6 Å². The Morgan fingerprint density at radius 3 is 2.77 bits per heavy atom. The second kappa shape index (κ2) is 7.77. The predicted octanol–water partition coefficient (Wildman–Crippen LogP) is 2.45. The number of nitrogens with one attached hydrogen (secondary N) is 2. The van der Waals surface area contributed by atoms with Crippen LogP contribution in [0.2, 0.25) is 5.02 Å². The van der Waals surface area contributed by atoms with Crippen molar-refractivity contribution in [2.24, 2.45) is 0 Å². The Kier molecular flexibility index (Phi) is 5.64. The maximum absolute atomic E-state index is 13.4. The van der Waals surface area contributed by atoms with E-state index in [-0.39, 0.29) is 18.7 Å². The molecule has 2 aromatic rings. The van der Waals surface area contributed by atoms with Crippen LogP contribution in [0.4, 0.5) is 13.2 Å². The van der Waals surface area contributed by atoms with Gasteiger partial charge in [0.05, 0.1) is 11.1 Å². The van der Waals surface area contributed by atoms with Gasteiger partial charge in [-0.2, -0.15) is 13.2 Å². The minimum absolute atomic E-state index is 0.161. The van der Waals surface area contributed by atoms with E-state index in [2.05, 4.69) is 15.6 Å². The van der Waals surface area contributed by atoms with E-state index in [1.807, 2.05) is 0 Å². The number of carbonyl (C=O) groups is 1. The molecule has 1 aromatic heterocycles. The summed E-state index contributed by atoms with van der Waals surface area (Å²) in [6.07, 6.45) is -2.91. The van der Waals surface area contributed by atoms with E-state index in [9.17, 15) is 18.0 Å². The van der Waals surface area contributed by atoms with Crippen LogP contribution >= 0.6 is 11.6 Å². The fourth-order valence-electron chi connectivity index (χ4n) is 3.06. The van der Waals surface area contributed by atoms with Gasteiger partial charge in [0.2, 0.25) is 0 Å². The van der Waals surface area contributed by atoms with Crippen molar-refractivity contribution < 1.29 is 18.0 Å². The summed E-state index contributed by atoms with van der Waals surface area (Å²) in [5.41, 5.74) is 0.564. The number of hydrogen-bond acceptors (Lipinski definition) is 4. The summed E-state index contributed by atoms with van der Waals surface area (Å²) in [4.78, 5) is 18.0. The highest BCUT2D eigenvalue weighted by Crippen LogP contribution is 2.26. The molecule has 2 heterocycles. The molecule has 1 unspecified atom stereocenters. The fourth-order valence-corrected chi connectivity index (χ4v) is 3.29. The Balaban J connectivity index is 1.78. The van der Waals surface area contributed by atoms with Crippen molar-refractivity contribution >= 4 is 28.4 Å². The monoisotopic (exact) mass is 386 g/mol. The van der Waals surface area contributed by atoms with E-state index < -0.39 is 24.7 Å². The number of rotatable bonds is 4. The topological polar surface area (TPSA) is 57.3 Å². The number of carbonyl (C=O) groups excluding carboxylic acids is 1. The van der Waals surface area contributed by atoms with Gasteiger partial charge in [0.1, 0.15) is 6.04 Å². The van der Waals surface area contributed by atoms with Crippen molar-refractivity contribution in [3.05, 3.63) is 41.0 Å². The zero-order valence-electron chi connectivity index (χ0n) is 13.8. The number of alkyl halides is 3. The summed E-state index contributed by atoms with van der Waals surface area (Å²) < 4.78 is 40.3. The highest BCUT2D eigenvalue weighted by molar-refractivity contribution is 6.32. The number of nitrogens with zero attached hydrogens (tertiary/aromatic N) is 2. The van der Waals surface area contributed by atoms with Crippen molar-refractivity contribution in [2.45, 2.75) is 12.2 Å². The third-order valence-corrected chi connectivity index (χ3v) is 4.56. The molecule has 1 amide bonds. The Hall–Kier alpha value is -1.90. The van der Waals surface area contributed by atoms with Crippen LogP contribution in [-0.4, -0.2) is 60.7 Å². The van der Waals surface area contributed by atoms with Crippen LogP contribution < -0.4 is 10.6 Å². The van der Waals surface area contributed by atoms with Gasteiger partial charge >= 0.3 is 6.18 Å². The number of piperazine rings is 1. The second-order valence-electron chi connectivity index (χ2n) is 6.08. The zero-order chi connectivity index (χ0) is 18.7. The van der Waals surface area contributed by atoms with Crippen molar-refractivity contribution in [1.82, 2.24) is 20.5 Å². The summed E-state index contributed by atoms with van der Waals surface area (Å²) in [5, 5.41) is 6.40.